The molecule has 0 aliphatic heterocycles. The molecule has 10 heteroatoms. The van der Waals surface area contributed by atoms with Crippen LogP contribution in [-0.2, 0) is 22.4 Å². The second-order valence-electron chi connectivity index (χ2n) is 7.77. The standard InChI is InChI=1S/C25H30N4O5.ClH/c1-3-33-25(32)20(15-17-9-5-4-6-10-17)27-24(31)19-13-12-18(16-21(19)30)23-28-22(34-29-23)11-7-8-14-26-2;/h4-6,9-10,12-13,16,20,26,30H,3,7-8,11,14-15H2,1-2H3,(H,27,31);1H/t20-;/m0./s1. The monoisotopic (exact) mass is 502 g/mol. The number of phenolic OH excluding ortho intramolecular Hbond substituents is 1. The van der Waals surface area contributed by atoms with Gasteiger partial charge in [-0.25, -0.2) is 4.79 Å². The summed E-state index contributed by atoms with van der Waals surface area (Å²) in [4.78, 5) is 29.6. The molecule has 0 radical (unpaired) electrons. The number of amides is 1. The molecule has 0 bridgehead atoms. The van der Waals surface area contributed by atoms with Crippen molar-refractivity contribution in [3.63, 3.8) is 0 Å². The summed E-state index contributed by atoms with van der Waals surface area (Å²) in [7, 11) is 1.90. The third-order valence-corrected chi connectivity index (χ3v) is 5.20. The molecule has 9 nitrogen and oxygen atoms in total. The number of nitrogens with one attached hydrogen (secondary N) is 2. The number of nitrogens with zero attached hydrogens (tertiary/aromatic N) is 2. The first-order chi connectivity index (χ1) is 16.5. The van der Waals surface area contributed by atoms with Crippen LogP contribution in [0.1, 0.15) is 41.6 Å². The SMILES string of the molecule is CCOC(=O)[C@H](Cc1ccccc1)NC(=O)c1ccc(-c2noc(CCCCNC)n2)cc1O.Cl. The lowest BCUT2D eigenvalue weighted by molar-refractivity contribution is -0.145. The number of benzene rings is 2. The van der Waals surface area contributed by atoms with E-state index in [9.17, 15) is 14.7 Å². The van der Waals surface area contributed by atoms with Gasteiger partial charge in [0, 0.05) is 18.4 Å². The number of hydrogen-bond acceptors (Lipinski definition) is 8. The Bertz CT molecular complexity index is 1090. The lowest BCUT2D eigenvalue weighted by atomic mass is 10.0. The highest BCUT2D eigenvalue weighted by atomic mass is 35.5. The van der Waals surface area contributed by atoms with Crippen molar-refractivity contribution >= 4 is 24.3 Å². The van der Waals surface area contributed by atoms with Crippen LogP contribution >= 0.6 is 12.4 Å². The lowest BCUT2D eigenvalue weighted by Gasteiger charge is -2.18. The van der Waals surface area contributed by atoms with Crippen molar-refractivity contribution in [2.75, 3.05) is 20.2 Å². The van der Waals surface area contributed by atoms with Crippen molar-refractivity contribution in [1.29, 1.82) is 0 Å². The first-order valence-electron chi connectivity index (χ1n) is 11.3. The van der Waals surface area contributed by atoms with Crippen LogP contribution in [0.25, 0.3) is 11.4 Å². The minimum atomic E-state index is -0.892. The van der Waals surface area contributed by atoms with Gasteiger partial charge in [-0.15, -0.1) is 12.4 Å². The predicted octanol–water partition coefficient (Wildman–Crippen LogP) is 3.31. The molecule has 0 aliphatic carbocycles. The summed E-state index contributed by atoms with van der Waals surface area (Å²) >= 11 is 0. The Morgan fingerprint density at radius 3 is 2.60 bits per heavy atom. The Hall–Kier alpha value is -3.43. The number of phenols is 1. The van der Waals surface area contributed by atoms with Crippen LogP contribution in [0.4, 0.5) is 0 Å². The molecule has 0 spiro atoms. The van der Waals surface area contributed by atoms with Gasteiger partial charge in [-0.1, -0.05) is 35.5 Å². The number of rotatable bonds is 12. The average molecular weight is 503 g/mol. The Labute approximate surface area is 210 Å². The summed E-state index contributed by atoms with van der Waals surface area (Å²) in [5, 5.41) is 20.2. The van der Waals surface area contributed by atoms with E-state index in [4.69, 9.17) is 9.26 Å². The van der Waals surface area contributed by atoms with Crippen LogP contribution in [0.2, 0.25) is 0 Å². The largest absolute Gasteiger partial charge is 0.507 e. The molecule has 188 valence electrons. The number of aromatic nitrogens is 2. The van der Waals surface area contributed by atoms with Gasteiger partial charge in [-0.3, -0.25) is 4.79 Å². The fourth-order valence-electron chi connectivity index (χ4n) is 3.44. The van der Waals surface area contributed by atoms with Gasteiger partial charge >= 0.3 is 5.97 Å². The smallest absolute Gasteiger partial charge is 0.328 e. The quantitative estimate of drug-likeness (QED) is 0.254. The lowest BCUT2D eigenvalue weighted by Crippen LogP contribution is -2.43. The summed E-state index contributed by atoms with van der Waals surface area (Å²) in [6.45, 7) is 2.82. The first kappa shape index (κ1) is 27.8. The van der Waals surface area contributed by atoms with Crippen LogP contribution in [-0.4, -0.2) is 53.4 Å². The molecular formula is C25H31ClN4O5. The second-order valence-corrected chi connectivity index (χ2v) is 7.77. The molecule has 35 heavy (non-hydrogen) atoms. The molecule has 0 fully saturated rings. The van der Waals surface area contributed by atoms with Gasteiger partial charge in [0.1, 0.15) is 11.8 Å². The van der Waals surface area contributed by atoms with Crippen molar-refractivity contribution in [1.82, 2.24) is 20.8 Å². The number of carbonyl (C=O) groups excluding carboxylic acids is 2. The van der Waals surface area contributed by atoms with Crippen molar-refractivity contribution in [3.05, 3.63) is 65.5 Å². The summed E-state index contributed by atoms with van der Waals surface area (Å²) in [6, 6.07) is 12.9. The number of carbonyl (C=O) groups is 2. The van der Waals surface area contributed by atoms with Gasteiger partial charge in [0.15, 0.2) is 0 Å². The highest BCUT2D eigenvalue weighted by molar-refractivity contribution is 5.99. The summed E-state index contributed by atoms with van der Waals surface area (Å²) in [5.41, 5.74) is 1.42. The number of halogens is 1. The summed E-state index contributed by atoms with van der Waals surface area (Å²) in [6.07, 6.45) is 2.84. The number of ether oxygens (including phenoxy) is 1. The molecule has 0 unspecified atom stereocenters. The molecule has 0 aliphatic rings. The Balaban J connectivity index is 0.00000432. The van der Waals surface area contributed by atoms with E-state index in [2.05, 4.69) is 20.8 Å². The van der Waals surface area contributed by atoms with Crippen LogP contribution in [0.5, 0.6) is 5.75 Å². The average Bonchev–Trinajstić information content (AvgIpc) is 3.31. The summed E-state index contributed by atoms with van der Waals surface area (Å²) < 4.78 is 10.4. The fourth-order valence-corrected chi connectivity index (χ4v) is 3.44. The fraction of sp³-hybridized carbons (Fsp3) is 0.360. The Kier molecular flexibility index (Phi) is 11.2. The second kappa shape index (κ2) is 14.1. The van der Waals surface area contributed by atoms with E-state index in [1.54, 1.807) is 13.0 Å². The molecule has 0 saturated carbocycles. The van der Waals surface area contributed by atoms with E-state index >= 15 is 0 Å². The molecule has 3 aromatic rings. The molecule has 2 aromatic carbocycles. The van der Waals surface area contributed by atoms with Crippen LogP contribution in [0.3, 0.4) is 0 Å². The van der Waals surface area contributed by atoms with Gasteiger partial charge in [0.05, 0.1) is 12.2 Å². The van der Waals surface area contributed by atoms with Crippen LogP contribution < -0.4 is 10.6 Å². The molecule has 0 saturated heterocycles. The molecule has 1 aromatic heterocycles. The minimum Gasteiger partial charge on any atom is -0.507 e. The van der Waals surface area contributed by atoms with E-state index in [1.165, 1.54) is 12.1 Å². The minimum absolute atomic E-state index is 0. The van der Waals surface area contributed by atoms with Gasteiger partial charge in [-0.2, -0.15) is 4.98 Å². The van der Waals surface area contributed by atoms with E-state index < -0.39 is 17.9 Å². The third kappa shape index (κ3) is 8.08. The number of aryl methyl sites for hydroxylation is 1. The molecule has 3 rings (SSSR count). The maximum absolute atomic E-state index is 12.9. The Morgan fingerprint density at radius 1 is 1.14 bits per heavy atom. The third-order valence-electron chi connectivity index (χ3n) is 5.20. The van der Waals surface area contributed by atoms with E-state index in [-0.39, 0.29) is 36.7 Å². The van der Waals surface area contributed by atoms with Gasteiger partial charge in [0.2, 0.25) is 11.7 Å². The zero-order chi connectivity index (χ0) is 24.3. The van der Waals surface area contributed by atoms with E-state index in [1.807, 2.05) is 37.4 Å². The zero-order valence-corrected chi connectivity index (χ0v) is 20.6. The predicted molar refractivity (Wildman–Crippen MR) is 134 cm³/mol. The van der Waals surface area contributed by atoms with Crippen molar-refractivity contribution in [3.8, 4) is 17.1 Å². The Morgan fingerprint density at radius 2 is 1.91 bits per heavy atom. The molecule has 1 atom stereocenters. The maximum Gasteiger partial charge on any atom is 0.328 e. The molecule has 1 amide bonds. The topological polar surface area (TPSA) is 127 Å². The van der Waals surface area contributed by atoms with Crippen LogP contribution in [0.15, 0.2) is 53.1 Å². The zero-order valence-electron chi connectivity index (χ0n) is 19.8. The molecule has 1 heterocycles. The van der Waals surface area contributed by atoms with Gasteiger partial charge < -0.3 is 25.0 Å². The first-order valence-corrected chi connectivity index (χ1v) is 11.3. The van der Waals surface area contributed by atoms with E-state index in [0.717, 1.165) is 24.9 Å². The molecular weight excluding hydrogens is 472 g/mol. The van der Waals surface area contributed by atoms with Gasteiger partial charge in [0.25, 0.3) is 5.91 Å². The highest BCUT2D eigenvalue weighted by Crippen LogP contribution is 2.25. The maximum atomic E-state index is 12.9. The van der Waals surface area contributed by atoms with Crippen molar-refractivity contribution in [2.45, 2.75) is 38.6 Å². The number of aromatic hydroxyl groups is 1. The van der Waals surface area contributed by atoms with Gasteiger partial charge in [-0.05, 0) is 57.1 Å². The number of hydrogen-bond donors (Lipinski definition) is 3. The van der Waals surface area contributed by atoms with Crippen molar-refractivity contribution in [2.24, 2.45) is 0 Å². The van der Waals surface area contributed by atoms with Crippen molar-refractivity contribution < 1.29 is 24.0 Å². The number of unbranched alkanes of at least 4 members (excludes halogenated alkanes) is 1. The summed E-state index contributed by atoms with van der Waals surface area (Å²) in [5.74, 6) is -0.524. The van der Waals surface area contributed by atoms with E-state index in [0.29, 0.717) is 23.7 Å². The van der Waals surface area contributed by atoms with Crippen LogP contribution in [0, 0.1) is 0 Å². The normalized spacial score (nSPS) is 11.4. The number of esters is 1. The highest BCUT2D eigenvalue weighted by Gasteiger charge is 2.24. The molecule has 3 N–H and O–H groups in total.